The zero-order valence-corrected chi connectivity index (χ0v) is 16.5. The van der Waals surface area contributed by atoms with Crippen LogP contribution in [0.4, 0.5) is 11.5 Å². The molecule has 1 amide bonds. The van der Waals surface area contributed by atoms with E-state index in [4.69, 9.17) is 15.7 Å². The molecule has 7 heteroatoms. The van der Waals surface area contributed by atoms with E-state index in [0.29, 0.717) is 24.8 Å². The van der Waals surface area contributed by atoms with Gasteiger partial charge >= 0.3 is 0 Å². The number of amides is 1. The van der Waals surface area contributed by atoms with Gasteiger partial charge in [0.05, 0.1) is 12.6 Å². The molecule has 1 fully saturated rings. The fourth-order valence-corrected chi connectivity index (χ4v) is 4.35. The first-order valence-corrected chi connectivity index (χ1v) is 10.1. The highest BCUT2D eigenvalue weighted by Gasteiger charge is 2.31. The SMILES string of the molecule is C[C@@H]1CN(c2ccc(C3CCC(CC#N)CC3)cc2)C(=O)c2c(N)ncnc2O1. The van der Waals surface area contributed by atoms with E-state index < -0.39 is 0 Å². The van der Waals surface area contributed by atoms with Gasteiger partial charge in [0.25, 0.3) is 5.91 Å². The Labute approximate surface area is 170 Å². The summed E-state index contributed by atoms with van der Waals surface area (Å²) in [4.78, 5) is 22.9. The first kappa shape index (κ1) is 19.2. The largest absolute Gasteiger partial charge is 0.472 e. The van der Waals surface area contributed by atoms with Crippen molar-refractivity contribution < 1.29 is 9.53 Å². The number of carbonyl (C=O) groups excluding carboxylic acids is 1. The highest BCUT2D eigenvalue weighted by molar-refractivity contribution is 6.10. The van der Waals surface area contributed by atoms with E-state index >= 15 is 0 Å². The zero-order valence-electron chi connectivity index (χ0n) is 16.5. The summed E-state index contributed by atoms with van der Waals surface area (Å²) in [5.41, 5.74) is 8.26. The molecule has 1 aliphatic carbocycles. The molecule has 2 N–H and O–H groups in total. The Morgan fingerprint density at radius 1 is 1.21 bits per heavy atom. The maximum atomic E-state index is 13.1. The number of hydrogen-bond donors (Lipinski definition) is 1. The topological polar surface area (TPSA) is 105 Å². The van der Waals surface area contributed by atoms with E-state index in [9.17, 15) is 4.79 Å². The summed E-state index contributed by atoms with van der Waals surface area (Å²) in [6.45, 7) is 2.31. The van der Waals surface area contributed by atoms with Crippen molar-refractivity contribution in [3.05, 3.63) is 41.7 Å². The van der Waals surface area contributed by atoms with Crippen LogP contribution < -0.4 is 15.4 Å². The number of hydrogen-bond acceptors (Lipinski definition) is 6. The maximum absolute atomic E-state index is 13.1. The highest BCUT2D eigenvalue weighted by atomic mass is 16.5. The van der Waals surface area contributed by atoms with Gasteiger partial charge in [-0.05, 0) is 62.1 Å². The van der Waals surface area contributed by atoms with Crippen LogP contribution in [0.25, 0.3) is 0 Å². The normalized spacial score (nSPS) is 24.2. The van der Waals surface area contributed by atoms with Crippen LogP contribution in [0.1, 0.15) is 60.9 Å². The monoisotopic (exact) mass is 391 g/mol. The number of fused-ring (bicyclic) bond motifs is 1. The van der Waals surface area contributed by atoms with Crippen molar-refractivity contribution in [3.63, 3.8) is 0 Å². The summed E-state index contributed by atoms with van der Waals surface area (Å²) in [6, 6.07) is 10.5. The predicted molar refractivity (Wildman–Crippen MR) is 110 cm³/mol. The Hall–Kier alpha value is -3.14. The fraction of sp³-hybridized carbons (Fsp3) is 0.455. The van der Waals surface area contributed by atoms with Crippen LogP contribution in [0.2, 0.25) is 0 Å². The number of aromatic nitrogens is 2. The van der Waals surface area contributed by atoms with Gasteiger partial charge in [0.2, 0.25) is 5.88 Å². The summed E-state index contributed by atoms with van der Waals surface area (Å²) < 4.78 is 5.79. The molecule has 1 aliphatic heterocycles. The van der Waals surface area contributed by atoms with Crippen molar-refractivity contribution >= 4 is 17.4 Å². The number of carbonyl (C=O) groups is 1. The van der Waals surface area contributed by atoms with Crippen LogP contribution in [-0.2, 0) is 0 Å². The first-order valence-electron chi connectivity index (χ1n) is 10.1. The van der Waals surface area contributed by atoms with Crippen LogP contribution in [-0.4, -0.2) is 28.5 Å². The lowest BCUT2D eigenvalue weighted by atomic mass is 9.78. The summed E-state index contributed by atoms with van der Waals surface area (Å²) in [7, 11) is 0. The Kier molecular flexibility index (Phi) is 5.34. The quantitative estimate of drug-likeness (QED) is 0.856. The summed E-state index contributed by atoms with van der Waals surface area (Å²) in [5, 5.41) is 8.89. The molecule has 4 rings (SSSR count). The van der Waals surface area contributed by atoms with E-state index in [1.165, 1.54) is 11.9 Å². The molecule has 7 nitrogen and oxygen atoms in total. The molecule has 2 aromatic rings. The first-order chi connectivity index (χ1) is 14.1. The molecule has 1 atom stereocenters. The maximum Gasteiger partial charge on any atom is 0.267 e. The minimum atomic E-state index is -0.243. The molecule has 1 saturated carbocycles. The fourth-order valence-electron chi connectivity index (χ4n) is 4.35. The van der Waals surface area contributed by atoms with Gasteiger partial charge in [-0.3, -0.25) is 4.79 Å². The van der Waals surface area contributed by atoms with Gasteiger partial charge in [-0.25, -0.2) is 9.97 Å². The van der Waals surface area contributed by atoms with Gasteiger partial charge in [0, 0.05) is 12.1 Å². The molecule has 0 unspecified atom stereocenters. The Morgan fingerprint density at radius 2 is 1.93 bits per heavy atom. The van der Waals surface area contributed by atoms with Gasteiger partial charge in [0.1, 0.15) is 23.8 Å². The number of nitriles is 1. The molecule has 0 spiro atoms. The van der Waals surface area contributed by atoms with E-state index in [0.717, 1.165) is 31.4 Å². The molecule has 2 heterocycles. The number of ether oxygens (including phenoxy) is 1. The highest BCUT2D eigenvalue weighted by Crippen LogP contribution is 2.38. The minimum absolute atomic E-state index is 0.129. The zero-order chi connectivity index (χ0) is 20.4. The molecular formula is C22H25N5O2. The van der Waals surface area contributed by atoms with Crippen molar-refractivity contribution in [1.82, 2.24) is 9.97 Å². The lowest BCUT2D eigenvalue weighted by molar-refractivity contribution is 0.0988. The molecule has 29 heavy (non-hydrogen) atoms. The average molecular weight is 391 g/mol. The van der Waals surface area contributed by atoms with Gasteiger partial charge in [-0.15, -0.1) is 0 Å². The van der Waals surface area contributed by atoms with Crippen LogP contribution in [0.15, 0.2) is 30.6 Å². The molecule has 2 aliphatic rings. The van der Waals surface area contributed by atoms with Crippen molar-refractivity contribution in [2.45, 2.75) is 51.0 Å². The summed E-state index contributed by atoms with van der Waals surface area (Å²) >= 11 is 0. The van der Waals surface area contributed by atoms with Crippen molar-refractivity contribution in [1.29, 1.82) is 5.26 Å². The Balaban J connectivity index is 1.54. The third-order valence-corrected chi connectivity index (χ3v) is 5.96. The van der Waals surface area contributed by atoms with Crippen LogP contribution >= 0.6 is 0 Å². The standard InChI is InChI=1S/C22H25N5O2/c1-14-12-27(22(28)19-20(24)25-13-26-21(19)29-14)18-8-6-17(7-9-18)16-4-2-15(3-5-16)10-11-23/h6-9,13-16H,2-5,10,12H2,1H3,(H2,24,25,26)/t14-,15?,16?/m1/s1. The van der Waals surface area contributed by atoms with E-state index in [-0.39, 0.29) is 29.3 Å². The average Bonchev–Trinajstić information content (AvgIpc) is 2.85. The lowest BCUT2D eigenvalue weighted by Crippen LogP contribution is -2.36. The number of anilines is 2. The molecule has 0 saturated heterocycles. The third kappa shape index (κ3) is 3.88. The predicted octanol–water partition coefficient (Wildman–Crippen LogP) is 3.67. The number of nitrogen functional groups attached to an aromatic ring is 1. The molecule has 0 bridgehead atoms. The lowest BCUT2D eigenvalue weighted by Gasteiger charge is -2.28. The summed E-state index contributed by atoms with van der Waals surface area (Å²) in [6.07, 6.45) is 6.19. The molecule has 1 aromatic carbocycles. The second-order valence-electron chi connectivity index (χ2n) is 7.95. The van der Waals surface area contributed by atoms with Crippen LogP contribution in [0, 0.1) is 17.2 Å². The second-order valence-corrected chi connectivity index (χ2v) is 7.95. The second kappa shape index (κ2) is 8.08. The Morgan fingerprint density at radius 3 is 2.62 bits per heavy atom. The van der Waals surface area contributed by atoms with E-state index in [1.807, 2.05) is 19.1 Å². The van der Waals surface area contributed by atoms with Crippen LogP contribution in [0.5, 0.6) is 5.88 Å². The number of benzene rings is 1. The Bertz CT molecular complexity index is 929. The van der Waals surface area contributed by atoms with E-state index in [2.05, 4.69) is 28.2 Å². The molecule has 1 aromatic heterocycles. The van der Waals surface area contributed by atoms with Crippen molar-refractivity contribution in [3.8, 4) is 11.9 Å². The molecule has 0 radical (unpaired) electrons. The van der Waals surface area contributed by atoms with Gasteiger partial charge in [-0.2, -0.15) is 5.26 Å². The smallest absolute Gasteiger partial charge is 0.267 e. The minimum Gasteiger partial charge on any atom is -0.472 e. The van der Waals surface area contributed by atoms with Crippen molar-refractivity contribution in [2.24, 2.45) is 5.92 Å². The van der Waals surface area contributed by atoms with Gasteiger partial charge < -0.3 is 15.4 Å². The van der Waals surface area contributed by atoms with Gasteiger partial charge in [-0.1, -0.05) is 12.1 Å². The number of nitrogens with zero attached hydrogens (tertiary/aromatic N) is 4. The van der Waals surface area contributed by atoms with E-state index in [1.54, 1.807) is 4.90 Å². The molecular weight excluding hydrogens is 366 g/mol. The summed E-state index contributed by atoms with van der Waals surface area (Å²) in [5.74, 6) is 1.19. The van der Waals surface area contributed by atoms with Crippen molar-refractivity contribution in [2.75, 3.05) is 17.2 Å². The number of rotatable bonds is 3. The number of nitrogens with two attached hydrogens (primary N) is 1. The van der Waals surface area contributed by atoms with Gasteiger partial charge in [0.15, 0.2) is 0 Å². The third-order valence-electron chi connectivity index (χ3n) is 5.96. The van der Waals surface area contributed by atoms with Crippen LogP contribution in [0.3, 0.4) is 0 Å². The molecule has 150 valence electrons.